The number of carbonyl (C=O) groups is 1. The third-order valence-electron chi connectivity index (χ3n) is 2.80. The molecule has 0 aliphatic heterocycles. The van der Waals surface area contributed by atoms with Gasteiger partial charge < -0.3 is 10.6 Å². The molecule has 0 unspecified atom stereocenters. The van der Waals surface area contributed by atoms with Gasteiger partial charge >= 0.3 is 0 Å². The summed E-state index contributed by atoms with van der Waals surface area (Å²) in [7, 11) is 0. The van der Waals surface area contributed by atoms with Crippen LogP contribution in [0.3, 0.4) is 0 Å². The Morgan fingerprint density at radius 2 is 2.14 bits per heavy atom. The minimum absolute atomic E-state index is 0.0146. The third kappa shape index (κ3) is 6.55. The van der Waals surface area contributed by atoms with Gasteiger partial charge in [-0.15, -0.1) is 0 Å². The summed E-state index contributed by atoms with van der Waals surface area (Å²) in [5.41, 5.74) is 0.534. The van der Waals surface area contributed by atoms with Crippen LogP contribution in [0.4, 0.5) is 5.69 Å². The van der Waals surface area contributed by atoms with Gasteiger partial charge in [-0.1, -0.05) is 25.4 Å². The average molecular weight is 314 g/mol. The van der Waals surface area contributed by atoms with Crippen LogP contribution in [0.1, 0.15) is 25.8 Å². The van der Waals surface area contributed by atoms with Crippen molar-refractivity contribution in [3.63, 3.8) is 0 Å². The van der Waals surface area contributed by atoms with Crippen molar-refractivity contribution < 1.29 is 9.72 Å². The highest BCUT2D eigenvalue weighted by atomic mass is 35.5. The molecule has 0 spiro atoms. The van der Waals surface area contributed by atoms with Crippen LogP contribution >= 0.6 is 11.6 Å². The van der Waals surface area contributed by atoms with Crippen LogP contribution in [-0.4, -0.2) is 23.9 Å². The number of nitrogens with zero attached hydrogens (tertiary/aromatic N) is 1. The topological polar surface area (TPSA) is 84.3 Å². The molecule has 1 rings (SSSR count). The Hall–Kier alpha value is -1.66. The van der Waals surface area contributed by atoms with Gasteiger partial charge in [0.2, 0.25) is 5.91 Å². The fraction of sp³-hybridized carbons (Fsp3) is 0.500. The summed E-state index contributed by atoms with van der Waals surface area (Å²) in [6.45, 7) is 5.49. The first kappa shape index (κ1) is 17.4. The molecule has 0 saturated heterocycles. The Kier molecular flexibility index (Phi) is 7.11. The molecule has 1 aromatic carbocycles. The summed E-state index contributed by atoms with van der Waals surface area (Å²) in [6, 6.07) is 4.56. The first-order valence-corrected chi connectivity index (χ1v) is 7.18. The van der Waals surface area contributed by atoms with E-state index >= 15 is 0 Å². The smallest absolute Gasteiger partial charge is 0.275 e. The second-order valence-corrected chi connectivity index (χ2v) is 5.59. The molecular formula is C14H20ClN3O3. The number of hydrogen-bond donors (Lipinski definition) is 2. The second kappa shape index (κ2) is 8.59. The van der Waals surface area contributed by atoms with Gasteiger partial charge in [0.25, 0.3) is 5.69 Å². The van der Waals surface area contributed by atoms with Crippen LogP contribution in [0.15, 0.2) is 18.2 Å². The molecule has 0 atom stereocenters. The molecule has 6 nitrogen and oxygen atoms in total. The zero-order valence-electron chi connectivity index (χ0n) is 12.2. The van der Waals surface area contributed by atoms with E-state index in [0.29, 0.717) is 42.6 Å². The molecule has 1 aromatic rings. The average Bonchev–Trinajstić information content (AvgIpc) is 2.42. The van der Waals surface area contributed by atoms with E-state index in [9.17, 15) is 14.9 Å². The van der Waals surface area contributed by atoms with E-state index in [2.05, 4.69) is 10.6 Å². The standard InChI is InChI=1S/C14H20ClN3O3/c1-10(2)8-17-14(19)5-6-16-9-11-3-4-12(15)7-13(11)18(20)21/h3-4,7,10,16H,5-6,8-9H2,1-2H3,(H,17,19). The van der Waals surface area contributed by atoms with Gasteiger partial charge in [0.1, 0.15) is 0 Å². The van der Waals surface area contributed by atoms with E-state index in [4.69, 9.17) is 11.6 Å². The minimum atomic E-state index is -0.460. The normalized spacial score (nSPS) is 10.7. The lowest BCUT2D eigenvalue weighted by Gasteiger charge is -2.08. The number of halogens is 1. The number of carbonyl (C=O) groups excluding carboxylic acids is 1. The molecule has 0 aliphatic carbocycles. The SMILES string of the molecule is CC(C)CNC(=O)CCNCc1ccc(Cl)cc1[N+](=O)[O-]. The number of nitro benzene ring substituents is 1. The highest BCUT2D eigenvalue weighted by Gasteiger charge is 2.13. The van der Waals surface area contributed by atoms with Crippen LogP contribution in [0, 0.1) is 16.0 Å². The van der Waals surface area contributed by atoms with Gasteiger partial charge in [0.15, 0.2) is 0 Å². The van der Waals surface area contributed by atoms with Crippen molar-refractivity contribution in [1.82, 2.24) is 10.6 Å². The summed E-state index contributed by atoms with van der Waals surface area (Å²) in [6.07, 6.45) is 0.341. The predicted octanol–water partition coefficient (Wildman–Crippen LogP) is 2.50. The van der Waals surface area contributed by atoms with Gasteiger partial charge in [-0.25, -0.2) is 0 Å². The molecule has 0 fully saturated rings. The molecule has 21 heavy (non-hydrogen) atoms. The Labute approximate surface area is 129 Å². The van der Waals surface area contributed by atoms with Crippen LogP contribution in [0.25, 0.3) is 0 Å². The first-order chi connectivity index (χ1) is 9.90. The molecule has 116 valence electrons. The molecular weight excluding hydrogens is 294 g/mol. The van der Waals surface area contributed by atoms with E-state index in [1.807, 2.05) is 13.8 Å². The largest absolute Gasteiger partial charge is 0.356 e. The van der Waals surface area contributed by atoms with Gasteiger partial charge in [0, 0.05) is 42.7 Å². The number of benzene rings is 1. The predicted molar refractivity (Wildman–Crippen MR) is 82.3 cm³/mol. The van der Waals surface area contributed by atoms with Crippen LogP contribution in [0.5, 0.6) is 0 Å². The summed E-state index contributed by atoms with van der Waals surface area (Å²) in [5, 5.41) is 17.1. The van der Waals surface area contributed by atoms with Crippen molar-refractivity contribution in [2.45, 2.75) is 26.8 Å². The fourth-order valence-corrected chi connectivity index (χ4v) is 1.85. The quantitative estimate of drug-likeness (QED) is 0.439. The van der Waals surface area contributed by atoms with Gasteiger partial charge in [-0.05, 0) is 18.1 Å². The number of amides is 1. The summed E-state index contributed by atoms with van der Waals surface area (Å²) in [5.74, 6) is 0.389. The lowest BCUT2D eigenvalue weighted by atomic mass is 10.2. The first-order valence-electron chi connectivity index (χ1n) is 6.80. The van der Waals surface area contributed by atoms with E-state index in [0.717, 1.165) is 0 Å². The highest BCUT2D eigenvalue weighted by molar-refractivity contribution is 6.30. The number of nitro groups is 1. The van der Waals surface area contributed by atoms with Crippen LogP contribution in [-0.2, 0) is 11.3 Å². The highest BCUT2D eigenvalue weighted by Crippen LogP contribution is 2.22. The van der Waals surface area contributed by atoms with Crippen LogP contribution in [0.2, 0.25) is 5.02 Å². The number of rotatable bonds is 8. The van der Waals surface area contributed by atoms with Crippen molar-refractivity contribution in [1.29, 1.82) is 0 Å². The maximum Gasteiger partial charge on any atom is 0.275 e. The molecule has 0 heterocycles. The van der Waals surface area contributed by atoms with Gasteiger partial charge in [0.05, 0.1) is 4.92 Å². The van der Waals surface area contributed by atoms with E-state index < -0.39 is 4.92 Å². The maximum atomic E-state index is 11.5. The molecule has 0 aromatic heterocycles. The Morgan fingerprint density at radius 1 is 1.43 bits per heavy atom. The summed E-state index contributed by atoms with van der Waals surface area (Å²) < 4.78 is 0. The number of nitrogens with one attached hydrogen (secondary N) is 2. The lowest BCUT2D eigenvalue weighted by Crippen LogP contribution is -2.30. The molecule has 0 bridgehead atoms. The van der Waals surface area contributed by atoms with Crippen molar-refractivity contribution in [2.24, 2.45) is 5.92 Å². The monoisotopic (exact) mass is 313 g/mol. The second-order valence-electron chi connectivity index (χ2n) is 5.15. The molecule has 2 N–H and O–H groups in total. The van der Waals surface area contributed by atoms with Crippen molar-refractivity contribution in [2.75, 3.05) is 13.1 Å². The maximum absolute atomic E-state index is 11.5. The Morgan fingerprint density at radius 3 is 2.76 bits per heavy atom. The van der Waals surface area contributed by atoms with Crippen molar-refractivity contribution >= 4 is 23.2 Å². The Bertz CT molecular complexity index is 506. The van der Waals surface area contributed by atoms with E-state index in [-0.39, 0.29) is 11.6 Å². The fourth-order valence-electron chi connectivity index (χ4n) is 1.69. The minimum Gasteiger partial charge on any atom is -0.356 e. The van der Waals surface area contributed by atoms with Gasteiger partial charge in [-0.3, -0.25) is 14.9 Å². The van der Waals surface area contributed by atoms with E-state index in [1.54, 1.807) is 12.1 Å². The summed E-state index contributed by atoms with van der Waals surface area (Å²) >= 11 is 5.75. The van der Waals surface area contributed by atoms with Gasteiger partial charge in [-0.2, -0.15) is 0 Å². The molecule has 1 amide bonds. The van der Waals surface area contributed by atoms with Crippen molar-refractivity contribution in [3.05, 3.63) is 38.9 Å². The molecule has 0 aliphatic rings. The zero-order valence-corrected chi connectivity index (χ0v) is 12.9. The molecule has 0 radical (unpaired) electrons. The lowest BCUT2D eigenvalue weighted by molar-refractivity contribution is -0.385. The van der Waals surface area contributed by atoms with Crippen LogP contribution < -0.4 is 10.6 Å². The third-order valence-corrected chi connectivity index (χ3v) is 3.03. The summed E-state index contributed by atoms with van der Waals surface area (Å²) in [4.78, 5) is 22.0. The zero-order chi connectivity index (χ0) is 15.8. The van der Waals surface area contributed by atoms with E-state index in [1.165, 1.54) is 6.07 Å². The van der Waals surface area contributed by atoms with Crippen molar-refractivity contribution in [3.8, 4) is 0 Å². The molecule has 7 heteroatoms. The molecule has 0 saturated carbocycles. The number of hydrogen-bond acceptors (Lipinski definition) is 4. The Balaban J connectivity index is 2.39.